The fourth-order valence-corrected chi connectivity index (χ4v) is 4.15. The molecular formula is C19H20N4O3. The first-order chi connectivity index (χ1) is 12.5. The highest BCUT2D eigenvalue weighted by molar-refractivity contribution is 5.98. The van der Waals surface area contributed by atoms with E-state index in [0.29, 0.717) is 44.2 Å². The number of benzene rings is 1. The third-order valence-corrected chi connectivity index (χ3v) is 5.62. The highest BCUT2D eigenvalue weighted by Gasteiger charge is 2.48. The van der Waals surface area contributed by atoms with Crippen LogP contribution < -0.4 is 4.74 Å². The van der Waals surface area contributed by atoms with E-state index in [1.54, 1.807) is 27.6 Å². The summed E-state index contributed by atoms with van der Waals surface area (Å²) in [6.07, 6.45) is 0.927. The van der Waals surface area contributed by atoms with Crippen molar-refractivity contribution < 1.29 is 14.3 Å². The van der Waals surface area contributed by atoms with Crippen LogP contribution in [-0.2, 0) is 13.0 Å². The SMILES string of the molecule is CN1CCn2nc(C(=O)N3CC4(COc5ccccc5C4)C3)cc2C1=O. The average Bonchev–Trinajstić information content (AvgIpc) is 3.07. The van der Waals surface area contributed by atoms with E-state index in [1.807, 2.05) is 18.2 Å². The molecule has 0 aliphatic carbocycles. The zero-order valence-corrected chi connectivity index (χ0v) is 14.6. The second-order valence-corrected chi connectivity index (χ2v) is 7.60. The number of likely N-dealkylation sites (N-methyl/N-ethyl adjacent to an activating group) is 1. The predicted molar refractivity (Wildman–Crippen MR) is 93.2 cm³/mol. The molecule has 134 valence electrons. The molecule has 2 aromatic rings. The maximum Gasteiger partial charge on any atom is 0.274 e. The molecule has 5 rings (SSSR count). The van der Waals surface area contributed by atoms with Crippen LogP contribution in [0.1, 0.15) is 26.5 Å². The smallest absolute Gasteiger partial charge is 0.274 e. The van der Waals surface area contributed by atoms with Crippen molar-refractivity contribution in [2.24, 2.45) is 5.41 Å². The Kier molecular flexibility index (Phi) is 3.16. The summed E-state index contributed by atoms with van der Waals surface area (Å²) in [6, 6.07) is 9.71. The Labute approximate surface area is 151 Å². The van der Waals surface area contributed by atoms with Crippen molar-refractivity contribution in [3.05, 3.63) is 47.3 Å². The monoisotopic (exact) mass is 352 g/mol. The maximum atomic E-state index is 12.8. The lowest BCUT2D eigenvalue weighted by molar-refractivity contribution is -0.0294. The van der Waals surface area contributed by atoms with Gasteiger partial charge in [0.1, 0.15) is 11.4 Å². The van der Waals surface area contributed by atoms with E-state index in [4.69, 9.17) is 4.74 Å². The lowest BCUT2D eigenvalue weighted by Gasteiger charge is -2.51. The molecule has 0 saturated carbocycles. The molecule has 0 radical (unpaired) electrons. The van der Waals surface area contributed by atoms with E-state index in [9.17, 15) is 9.59 Å². The van der Waals surface area contributed by atoms with Crippen LogP contribution in [0.2, 0.25) is 0 Å². The summed E-state index contributed by atoms with van der Waals surface area (Å²) in [5, 5.41) is 4.35. The van der Waals surface area contributed by atoms with Crippen LogP contribution in [0.3, 0.4) is 0 Å². The van der Waals surface area contributed by atoms with Crippen molar-refractivity contribution in [1.82, 2.24) is 19.6 Å². The van der Waals surface area contributed by atoms with Gasteiger partial charge in [-0.1, -0.05) is 18.2 Å². The topological polar surface area (TPSA) is 67.7 Å². The molecule has 3 aliphatic rings. The van der Waals surface area contributed by atoms with Gasteiger partial charge in [-0.2, -0.15) is 5.10 Å². The van der Waals surface area contributed by atoms with Crippen LogP contribution >= 0.6 is 0 Å². The number of aromatic nitrogens is 2. The van der Waals surface area contributed by atoms with Crippen molar-refractivity contribution >= 4 is 11.8 Å². The van der Waals surface area contributed by atoms with Gasteiger partial charge in [-0.05, 0) is 18.1 Å². The van der Waals surface area contributed by atoms with Gasteiger partial charge in [-0.3, -0.25) is 14.3 Å². The summed E-state index contributed by atoms with van der Waals surface area (Å²) in [5.74, 6) is 0.763. The Morgan fingerprint density at radius 1 is 1.23 bits per heavy atom. The lowest BCUT2D eigenvalue weighted by Crippen LogP contribution is -2.62. The predicted octanol–water partition coefficient (Wildman–Crippen LogP) is 1.05. The number of amides is 2. The summed E-state index contributed by atoms with van der Waals surface area (Å²) in [7, 11) is 1.76. The van der Waals surface area contributed by atoms with Gasteiger partial charge in [0.05, 0.1) is 13.2 Å². The van der Waals surface area contributed by atoms with Crippen LogP contribution in [-0.4, -0.2) is 64.7 Å². The second kappa shape index (κ2) is 5.33. The van der Waals surface area contributed by atoms with Crippen molar-refractivity contribution in [2.45, 2.75) is 13.0 Å². The number of fused-ring (bicyclic) bond motifs is 2. The van der Waals surface area contributed by atoms with Crippen molar-refractivity contribution in [3.63, 3.8) is 0 Å². The van der Waals surface area contributed by atoms with Gasteiger partial charge in [-0.15, -0.1) is 0 Å². The number of nitrogens with zero attached hydrogens (tertiary/aromatic N) is 4. The molecule has 0 atom stereocenters. The number of rotatable bonds is 1. The van der Waals surface area contributed by atoms with E-state index in [0.717, 1.165) is 12.2 Å². The van der Waals surface area contributed by atoms with Gasteiger partial charge < -0.3 is 14.5 Å². The van der Waals surface area contributed by atoms with Gasteiger partial charge in [0.2, 0.25) is 0 Å². The van der Waals surface area contributed by atoms with Crippen molar-refractivity contribution in [1.29, 1.82) is 0 Å². The van der Waals surface area contributed by atoms with Gasteiger partial charge in [0.25, 0.3) is 11.8 Å². The Morgan fingerprint density at radius 2 is 2.04 bits per heavy atom. The number of carbonyl (C=O) groups excluding carboxylic acids is 2. The van der Waals surface area contributed by atoms with Crippen LogP contribution in [0.5, 0.6) is 5.75 Å². The highest BCUT2D eigenvalue weighted by Crippen LogP contribution is 2.41. The summed E-state index contributed by atoms with van der Waals surface area (Å²) >= 11 is 0. The van der Waals surface area contributed by atoms with E-state index >= 15 is 0 Å². The minimum atomic E-state index is -0.105. The number of likely N-dealkylation sites (tertiary alicyclic amines) is 1. The number of hydrogen-bond acceptors (Lipinski definition) is 4. The van der Waals surface area contributed by atoms with Crippen LogP contribution in [0, 0.1) is 5.41 Å². The summed E-state index contributed by atoms with van der Waals surface area (Å²) in [4.78, 5) is 28.4. The van der Waals surface area contributed by atoms with E-state index in [-0.39, 0.29) is 17.2 Å². The molecule has 7 nitrogen and oxygen atoms in total. The molecule has 1 spiro atoms. The summed E-state index contributed by atoms with van der Waals surface area (Å²) in [5.41, 5.74) is 2.05. The van der Waals surface area contributed by atoms with Crippen LogP contribution in [0.4, 0.5) is 0 Å². The first kappa shape index (κ1) is 15.4. The van der Waals surface area contributed by atoms with Crippen LogP contribution in [0.25, 0.3) is 0 Å². The molecule has 1 fully saturated rings. The molecule has 1 aromatic carbocycles. The standard InChI is InChI=1S/C19H20N4O3/c1-21-6-7-23-15(18(21)25)8-14(20-23)17(24)22-10-19(11-22)9-13-4-2-3-5-16(13)26-12-19/h2-5,8H,6-7,9-12H2,1H3. The molecule has 4 heterocycles. The number of hydrogen-bond donors (Lipinski definition) is 0. The zero-order chi connectivity index (χ0) is 17.9. The molecule has 0 unspecified atom stereocenters. The van der Waals surface area contributed by atoms with E-state index in [1.165, 1.54) is 5.56 Å². The molecule has 1 saturated heterocycles. The third-order valence-electron chi connectivity index (χ3n) is 5.62. The lowest BCUT2D eigenvalue weighted by atomic mass is 9.74. The second-order valence-electron chi connectivity index (χ2n) is 7.60. The minimum Gasteiger partial charge on any atom is -0.493 e. The quantitative estimate of drug-likeness (QED) is 0.769. The Bertz CT molecular complexity index is 913. The van der Waals surface area contributed by atoms with Gasteiger partial charge in [0, 0.05) is 38.2 Å². The summed E-state index contributed by atoms with van der Waals surface area (Å²) in [6.45, 7) is 3.20. The fraction of sp³-hybridized carbons (Fsp3) is 0.421. The first-order valence-corrected chi connectivity index (χ1v) is 8.88. The Morgan fingerprint density at radius 3 is 2.88 bits per heavy atom. The molecular weight excluding hydrogens is 332 g/mol. The average molecular weight is 352 g/mol. The Hall–Kier alpha value is -2.83. The van der Waals surface area contributed by atoms with Gasteiger partial charge in [-0.25, -0.2) is 0 Å². The molecule has 26 heavy (non-hydrogen) atoms. The minimum absolute atomic E-state index is 0.000592. The van der Waals surface area contributed by atoms with Crippen molar-refractivity contribution in [3.8, 4) is 5.75 Å². The highest BCUT2D eigenvalue weighted by atomic mass is 16.5. The fourth-order valence-electron chi connectivity index (χ4n) is 4.15. The molecule has 0 bridgehead atoms. The van der Waals surface area contributed by atoms with Gasteiger partial charge >= 0.3 is 0 Å². The third kappa shape index (κ3) is 2.23. The molecule has 1 aromatic heterocycles. The number of carbonyl (C=O) groups is 2. The molecule has 2 amide bonds. The molecule has 7 heteroatoms. The maximum absolute atomic E-state index is 12.8. The van der Waals surface area contributed by atoms with Gasteiger partial charge in [0.15, 0.2) is 5.69 Å². The first-order valence-electron chi connectivity index (χ1n) is 8.88. The normalized spacial score (nSPS) is 20.3. The largest absolute Gasteiger partial charge is 0.493 e. The van der Waals surface area contributed by atoms with Crippen LogP contribution in [0.15, 0.2) is 30.3 Å². The van der Waals surface area contributed by atoms with E-state index in [2.05, 4.69) is 11.2 Å². The van der Waals surface area contributed by atoms with E-state index < -0.39 is 0 Å². The molecule has 0 N–H and O–H groups in total. The number of para-hydroxylation sites is 1. The number of ether oxygens (including phenoxy) is 1. The van der Waals surface area contributed by atoms with Crippen molar-refractivity contribution in [2.75, 3.05) is 33.3 Å². The zero-order valence-electron chi connectivity index (χ0n) is 14.6. The molecule has 3 aliphatic heterocycles. The summed E-state index contributed by atoms with van der Waals surface area (Å²) < 4.78 is 7.54. The Balaban J connectivity index is 1.31.